The summed E-state index contributed by atoms with van der Waals surface area (Å²) in [7, 11) is 0. The van der Waals surface area contributed by atoms with Crippen molar-refractivity contribution in [3.8, 4) is 0 Å². The van der Waals surface area contributed by atoms with Crippen LogP contribution in [0.2, 0.25) is 0 Å². The van der Waals surface area contributed by atoms with E-state index in [0.717, 1.165) is 32.4 Å². The van der Waals surface area contributed by atoms with Crippen molar-refractivity contribution in [2.24, 2.45) is 11.3 Å². The number of carbonyl (C=O) groups excluding carboxylic acids is 2. The van der Waals surface area contributed by atoms with E-state index in [-0.39, 0.29) is 23.0 Å². The highest BCUT2D eigenvalue weighted by Crippen LogP contribution is 2.42. The maximum absolute atomic E-state index is 13.0. The molecule has 3 aliphatic rings. The monoisotopic (exact) mass is 374 g/mol. The predicted molar refractivity (Wildman–Crippen MR) is 98.1 cm³/mol. The van der Waals surface area contributed by atoms with Gasteiger partial charge < -0.3 is 14.9 Å². The first-order valence-electron chi connectivity index (χ1n) is 9.96. The maximum atomic E-state index is 13.0. The predicted octanol–water partition coefficient (Wildman–Crippen LogP) is 2.50. The topological polar surface area (TPSA) is 60.9 Å². The van der Waals surface area contributed by atoms with Crippen molar-refractivity contribution in [1.29, 1.82) is 0 Å². The van der Waals surface area contributed by atoms with Crippen LogP contribution in [0.3, 0.4) is 0 Å². The summed E-state index contributed by atoms with van der Waals surface area (Å²) in [5, 5.41) is 10.4. The maximum Gasteiger partial charge on any atom is 0.256 e. The van der Waals surface area contributed by atoms with Gasteiger partial charge in [-0.15, -0.1) is 0 Å². The molecular weight excluding hydrogens is 347 g/mol. The van der Waals surface area contributed by atoms with Gasteiger partial charge in [0, 0.05) is 32.6 Å². The summed E-state index contributed by atoms with van der Waals surface area (Å²) in [5.74, 6) is 0.258. The van der Waals surface area contributed by atoms with Crippen LogP contribution in [0.1, 0.15) is 50.2 Å². The summed E-state index contributed by atoms with van der Waals surface area (Å²) < 4.78 is 13.0. The van der Waals surface area contributed by atoms with Crippen LogP contribution in [0.25, 0.3) is 0 Å². The molecule has 27 heavy (non-hydrogen) atoms. The van der Waals surface area contributed by atoms with Crippen molar-refractivity contribution in [3.05, 3.63) is 35.6 Å². The number of piperidine rings is 2. The van der Waals surface area contributed by atoms with Gasteiger partial charge in [-0.2, -0.15) is 0 Å². The number of benzene rings is 1. The van der Waals surface area contributed by atoms with Gasteiger partial charge >= 0.3 is 0 Å². The van der Waals surface area contributed by atoms with Crippen LogP contribution in [0, 0.1) is 17.2 Å². The minimum Gasteiger partial charge on any atom is -0.378 e. The van der Waals surface area contributed by atoms with Crippen LogP contribution in [0.5, 0.6) is 0 Å². The first kappa shape index (κ1) is 18.4. The van der Waals surface area contributed by atoms with Crippen LogP contribution in [0.4, 0.5) is 4.39 Å². The molecule has 3 fully saturated rings. The number of nitrogens with zero attached hydrogens (tertiary/aromatic N) is 2. The van der Waals surface area contributed by atoms with Crippen molar-refractivity contribution in [2.75, 3.05) is 26.2 Å². The van der Waals surface area contributed by atoms with Crippen LogP contribution in [-0.2, 0) is 9.59 Å². The number of carbonyl (C=O) groups is 2. The lowest BCUT2D eigenvalue weighted by Crippen LogP contribution is -2.53. The molecule has 1 aliphatic carbocycles. The van der Waals surface area contributed by atoms with E-state index in [9.17, 15) is 19.1 Å². The van der Waals surface area contributed by atoms with E-state index in [0.29, 0.717) is 31.0 Å². The number of aliphatic hydroxyl groups excluding tert-OH is 1. The van der Waals surface area contributed by atoms with Gasteiger partial charge in [-0.25, -0.2) is 4.39 Å². The Bertz CT molecular complexity index is 709. The standard InChI is InChI=1S/C21H27FN2O3/c22-17-5-3-16(4-6-17)19(26)20(27)23-11-9-21(10-12-23)8-7-18(25)24(14-21)13-15-1-2-15/h3-6,15,19,26H,1-2,7-14H2/t19-/m0/s1. The van der Waals surface area contributed by atoms with E-state index in [4.69, 9.17) is 0 Å². The number of likely N-dealkylation sites (tertiary alicyclic amines) is 2. The molecule has 6 heteroatoms. The molecule has 2 aliphatic heterocycles. The summed E-state index contributed by atoms with van der Waals surface area (Å²) in [6.07, 6.45) is 4.46. The Morgan fingerprint density at radius 1 is 1.19 bits per heavy atom. The van der Waals surface area contributed by atoms with E-state index in [1.54, 1.807) is 4.90 Å². The first-order valence-corrected chi connectivity index (χ1v) is 9.96. The summed E-state index contributed by atoms with van der Waals surface area (Å²) in [4.78, 5) is 28.6. The highest BCUT2D eigenvalue weighted by atomic mass is 19.1. The fourth-order valence-corrected chi connectivity index (χ4v) is 4.45. The highest BCUT2D eigenvalue weighted by Gasteiger charge is 2.43. The molecular formula is C21H27FN2O3. The lowest BCUT2D eigenvalue weighted by atomic mass is 9.72. The second-order valence-corrected chi connectivity index (χ2v) is 8.50. The SMILES string of the molecule is O=C1CCC2(CCN(C(=O)[C@@H](O)c3ccc(F)cc3)CC2)CN1CC1CC1. The second-order valence-electron chi connectivity index (χ2n) is 8.50. The van der Waals surface area contributed by atoms with Crippen molar-refractivity contribution >= 4 is 11.8 Å². The van der Waals surface area contributed by atoms with Gasteiger partial charge in [-0.05, 0) is 61.1 Å². The minimum atomic E-state index is -1.25. The number of amides is 2. The number of hydrogen-bond donors (Lipinski definition) is 1. The Morgan fingerprint density at radius 3 is 2.48 bits per heavy atom. The average Bonchev–Trinajstić information content (AvgIpc) is 3.49. The fourth-order valence-electron chi connectivity index (χ4n) is 4.45. The van der Waals surface area contributed by atoms with Crippen LogP contribution >= 0.6 is 0 Å². The van der Waals surface area contributed by atoms with Crippen LogP contribution < -0.4 is 0 Å². The Labute approximate surface area is 159 Å². The summed E-state index contributed by atoms with van der Waals surface area (Å²) in [6.45, 7) is 2.91. The molecule has 1 aromatic rings. The summed E-state index contributed by atoms with van der Waals surface area (Å²) in [5.41, 5.74) is 0.529. The van der Waals surface area contributed by atoms with E-state index >= 15 is 0 Å². The highest BCUT2D eigenvalue weighted by molar-refractivity contribution is 5.82. The quantitative estimate of drug-likeness (QED) is 0.881. The van der Waals surface area contributed by atoms with Gasteiger partial charge in [0.25, 0.3) is 5.91 Å². The zero-order valence-corrected chi connectivity index (χ0v) is 15.6. The molecule has 1 aromatic carbocycles. The van der Waals surface area contributed by atoms with E-state index < -0.39 is 6.10 Å². The molecule has 0 radical (unpaired) electrons. The molecule has 0 aromatic heterocycles. The third-order valence-electron chi connectivity index (χ3n) is 6.48. The van der Waals surface area contributed by atoms with Crippen molar-refractivity contribution in [3.63, 3.8) is 0 Å². The van der Waals surface area contributed by atoms with Crippen LogP contribution in [0.15, 0.2) is 24.3 Å². The number of rotatable bonds is 4. The lowest BCUT2D eigenvalue weighted by Gasteiger charge is -2.47. The molecule has 4 rings (SSSR count). The number of halogens is 1. The first-order chi connectivity index (χ1) is 13.0. The van der Waals surface area contributed by atoms with Gasteiger partial charge in [0.05, 0.1) is 0 Å². The third kappa shape index (κ3) is 4.00. The van der Waals surface area contributed by atoms with Gasteiger partial charge in [0.2, 0.25) is 5.91 Å². The van der Waals surface area contributed by atoms with E-state index in [2.05, 4.69) is 0 Å². The minimum absolute atomic E-state index is 0.112. The Hall–Kier alpha value is -1.95. The van der Waals surface area contributed by atoms with Crippen molar-refractivity contribution in [1.82, 2.24) is 9.80 Å². The number of hydrogen-bond acceptors (Lipinski definition) is 3. The average molecular weight is 374 g/mol. The van der Waals surface area contributed by atoms with Crippen LogP contribution in [-0.4, -0.2) is 52.9 Å². The molecule has 1 spiro atoms. The van der Waals surface area contributed by atoms with Crippen molar-refractivity contribution in [2.45, 2.75) is 44.6 Å². The Kier molecular flexibility index (Phi) is 4.93. The molecule has 0 bridgehead atoms. The third-order valence-corrected chi connectivity index (χ3v) is 6.48. The molecule has 1 N–H and O–H groups in total. The van der Waals surface area contributed by atoms with Crippen molar-refractivity contribution < 1.29 is 19.1 Å². The molecule has 2 saturated heterocycles. The molecule has 2 amide bonds. The Balaban J connectivity index is 1.35. The number of aliphatic hydroxyl groups is 1. The van der Waals surface area contributed by atoms with Gasteiger partial charge in [-0.3, -0.25) is 9.59 Å². The molecule has 2 heterocycles. The summed E-state index contributed by atoms with van der Waals surface area (Å²) >= 11 is 0. The smallest absolute Gasteiger partial charge is 0.256 e. The second kappa shape index (κ2) is 7.23. The van der Waals surface area contributed by atoms with Gasteiger partial charge in [0.1, 0.15) is 5.82 Å². The Morgan fingerprint density at radius 2 is 1.85 bits per heavy atom. The molecule has 1 atom stereocenters. The molecule has 1 saturated carbocycles. The lowest BCUT2D eigenvalue weighted by molar-refractivity contribution is -0.147. The molecule has 0 unspecified atom stereocenters. The fraction of sp³-hybridized carbons (Fsp3) is 0.619. The van der Waals surface area contributed by atoms with Gasteiger partial charge in [0.15, 0.2) is 6.10 Å². The zero-order valence-electron chi connectivity index (χ0n) is 15.6. The summed E-state index contributed by atoms with van der Waals surface area (Å²) in [6, 6.07) is 5.41. The van der Waals surface area contributed by atoms with E-state index in [1.165, 1.54) is 37.1 Å². The normalized spacial score (nSPS) is 23.6. The molecule has 146 valence electrons. The largest absolute Gasteiger partial charge is 0.378 e. The zero-order chi connectivity index (χ0) is 19.0. The van der Waals surface area contributed by atoms with E-state index in [1.807, 2.05) is 4.90 Å². The molecule has 5 nitrogen and oxygen atoms in total. The van der Waals surface area contributed by atoms with Gasteiger partial charge in [-0.1, -0.05) is 12.1 Å².